The van der Waals surface area contributed by atoms with Gasteiger partial charge in [0, 0.05) is 13.1 Å². The van der Waals surface area contributed by atoms with Crippen molar-refractivity contribution in [1.29, 1.82) is 0 Å². The molecule has 13 heteroatoms. The number of ether oxygens (including phenoxy) is 1. The Hall–Kier alpha value is -1.11. The highest BCUT2D eigenvalue weighted by Gasteiger charge is 2.66. The van der Waals surface area contributed by atoms with Crippen LogP contribution in [0.25, 0.3) is 0 Å². The summed E-state index contributed by atoms with van der Waals surface area (Å²) in [6.07, 6.45) is -24.0. The van der Waals surface area contributed by atoms with E-state index < -0.39 is 60.3 Å². The largest absolute Gasteiger partial charge is 0.443 e. The van der Waals surface area contributed by atoms with Gasteiger partial charge in [-0.25, -0.2) is 8.78 Å². The third-order valence-electron chi connectivity index (χ3n) is 3.00. The molecule has 1 heterocycles. The molecule has 3 atom stereocenters. The quantitative estimate of drug-likeness (QED) is 0.543. The first-order valence-electron chi connectivity index (χ1n) is 5.65. The first kappa shape index (κ1) is 19.9. The molecule has 136 valence electrons. The summed E-state index contributed by atoms with van der Waals surface area (Å²) in [4.78, 5) is -0.963. The highest BCUT2D eigenvalue weighted by atomic mass is 19.4. The van der Waals surface area contributed by atoms with Gasteiger partial charge in [0.05, 0.1) is 0 Å². The van der Waals surface area contributed by atoms with Gasteiger partial charge in [0.1, 0.15) is 0 Å². The molecular weight excluding hydrogens is 359 g/mol. The first-order chi connectivity index (χ1) is 10.0. The van der Waals surface area contributed by atoms with E-state index in [0.717, 1.165) is 0 Å². The molecule has 0 bridgehead atoms. The van der Waals surface area contributed by atoms with Crippen molar-refractivity contribution < 1.29 is 53.0 Å². The average molecular weight is 367 g/mol. The molecule has 1 aliphatic heterocycles. The molecule has 23 heavy (non-hydrogen) atoms. The van der Waals surface area contributed by atoms with Gasteiger partial charge in [0.25, 0.3) is 0 Å². The van der Waals surface area contributed by atoms with E-state index in [0.29, 0.717) is 0 Å². The monoisotopic (exact) mass is 367 g/mol. The molecule has 1 fully saturated rings. The van der Waals surface area contributed by atoms with Crippen LogP contribution in [0, 0.1) is 0 Å². The highest BCUT2D eigenvalue weighted by molar-refractivity contribution is 5.10. The number of halogens is 11. The Bertz CT molecular complexity index is 431. The van der Waals surface area contributed by atoms with Crippen molar-refractivity contribution in [3.63, 3.8) is 0 Å². The van der Waals surface area contributed by atoms with Gasteiger partial charge in [-0.05, 0) is 0 Å². The van der Waals surface area contributed by atoms with Crippen molar-refractivity contribution in [1.82, 2.24) is 4.90 Å². The minimum atomic E-state index is -6.15. The number of hydrogen-bond acceptors (Lipinski definition) is 2. The third kappa shape index (κ3) is 3.87. The molecule has 2 nitrogen and oxygen atoms in total. The highest BCUT2D eigenvalue weighted by Crippen LogP contribution is 2.45. The van der Waals surface area contributed by atoms with Crippen molar-refractivity contribution >= 4 is 0 Å². The maximum absolute atomic E-state index is 14.0. The molecule has 1 saturated heterocycles. The summed E-state index contributed by atoms with van der Waals surface area (Å²) in [7, 11) is 0. The molecule has 0 N–H and O–H groups in total. The van der Waals surface area contributed by atoms with Crippen LogP contribution in [-0.2, 0) is 4.74 Å². The van der Waals surface area contributed by atoms with Gasteiger partial charge in [-0.3, -0.25) is 4.90 Å². The Morgan fingerprint density at radius 1 is 0.826 bits per heavy atom. The Labute approximate surface area is 121 Å². The van der Waals surface area contributed by atoms with Gasteiger partial charge in [-0.15, -0.1) is 0 Å². The molecule has 0 spiro atoms. The lowest BCUT2D eigenvalue weighted by atomic mass is 10.1. The van der Waals surface area contributed by atoms with E-state index in [1.54, 1.807) is 0 Å². The minimum absolute atomic E-state index is 0.963. The maximum Gasteiger partial charge on any atom is 0.443 e. The number of nitrogens with zero attached hydrogens (tertiary/aromatic N) is 1. The van der Waals surface area contributed by atoms with Crippen LogP contribution in [0.15, 0.2) is 12.4 Å². The predicted octanol–water partition coefficient (Wildman–Crippen LogP) is 3.89. The molecule has 3 unspecified atom stereocenters. The van der Waals surface area contributed by atoms with Crippen LogP contribution < -0.4 is 0 Å². The summed E-state index contributed by atoms with van der Waals surface area (Å²) in [6.45, 7) is -1.95. The van der Waals surface area contributed by atoms with Crippen LogP contribution in [0.4, 0.5) is 48.3 Å². The zero-order chi connectivity index (χ0) is 18.4. The molecule has 0 aromatic rings. The second kappa shape index (κ2) is 5.76. The molecule has 0 aromatic carbocycles. The summed E-state index contributed by atoms with van der Waals surface area (Å²) in [6, 6.07) is 0. The first-order valence-corrected chi connectivity index (χ1v) is 5.65. The van der Waals surface area contributed by atoms with Crippen molar-refractivity contribution in [2.24, 2.45) is 0 Å². The summed E-state index contributed by atoms with van der Waals surface area (Å²) in [5, 5.41) is 0. The van der Waals surface area contributed by atoms with Gasteiger partial charge in [0.15, 0.2) is 18.0 Å². The summed E-state index contributed by atoms with van der Waals surface area (Å²) >= 11 is 0. The molecular formula is C10H8F11NO. The lowest BCUT2D eigenvalue weighted by Crippen LogP contribution is -2.66. The van der Waals surface area contributed by atoms with E-state index in [9.17, 15) is 48.3 Å². The van der Waals surface area contributed by atoms with Crippen LogP contribution in [0.2, 0.25) is 0 Å². The van der Waals surface area contributed by atoms with Crippen LogP contribution in [0.3, 0.4) is 0 Å². The molecule has 1 aliphatic rings. The van der Waals surface area contributed by atoms with E-state index in [1.807, 2.05) is 6.58 Å². The van der Waals surface area contributed by atoms with E-state index >= 15 is 0 Å². The summed E-state index contributed by atoms with van der Waals surface area (Å²) in [5.41, 5.74) is 0. The fourth-order valence-electron chi connectivity index (χ4n) is 1.88. The third-order valence-corrected chi connectivity index (χ3v) is 3.00. The van der Waals surface area contributed by atoms with E-state index in [-0.39, 0.29) is 0 Å². The number of rotatable bonds is 2. The second-order valence-corrected chi connectivity index (χ2v) is 4.63. The normalized spacial score (nSPS) is 27.6. The topological polar surface area (TPSA) is 12.5 Å². The van der Waals surface area contributed by atoms with Crippen molar-refractivity contribution in [2.75, 3.05) is 13.1 Å². The molecule has 0 aliphatic carbocycles. The smallest absolute Gasteiger partial charge is 0.353 e. The minimum Gasteiger partial charge on any atom is -0.353 e. The molecule has 1 rings (SSSR count). The van der Waals surface area contributed by atoms with Gasteiger partial charge in [-0.1, -0.05) is 6.58 Å². The predicted molar refractivity (Wildman–Crippen MR) is 52.5 cm³/mol. The van der Waals surface area contributed by atoms with Gasteiger partial charge < -0.3 is 4.74 Å². The van der Waals surface area contributed by atoms with Crippen molar-refractivity contribution in [3.05, 3.63) is 12.4 Å². The van der Waals surface area contributed by atoms with Crippen LogP contribution >= 0.6 is 0 Å². The lowest BCUT2D eigenvalue weighted by Gasteiger charge is -2.45. The summed E-state index contributed by atoms with van der Waals surface area (Å²) in [5.74, 6) is -7.99. The number of alkyl halides is 10. The van der Waals surface area contributed by atoms with Crippen molar-refractivity contribution in [3.8, 4) is 0 Å². The number of morpholine rings is 1. The van der Waals surface area contributed by atoms with Gasteiger partial charge >= 0.3 is 24.3 Å². The fourth-order valence-corrected chi connectivity index (χ4v) is 1.88. The van der Waals surface area contributed by atoms with E-state index in [1.165, 1.54) is 0 Å². The van der Waals surface area contributed by atoms with Gasteiger partial charge in [-0.2, -0.15) is 39.5 Å². The van der Waals surface area contributed by atoms with E-state index in [2.05, 4.69) is 4.74 Å². The van der Waals surface area contributed by atoms with Gasteiger partial charge in [0.2, 0.25) is 0 Å². The molecule has 0 aromatic heterocycles. The van der Waals surface area contributed by atoms with Crippen LogP contribution in [0.1, 0.15) is 0 Å². The SMILES string of the molecule is C=C(F)C(F)(N1CC(C(F)(F)F)OC(C(F)(F)F)C1)C(F)(F)F. The van der Waals surface area contributed by atoms with E-state index in [4.69, 9.17) is 0 Å². The zero-order valence-corrected chi connectivity index (χ0v) is 10.8. The number of hydrogen-bond donors (Lipinski definition) is 0. The molecule has 0 amide bonds. The Morgan fingerprint density at radius 3 is 1.39 bits per heavy atom. The summed E-state index contributed by atoms with van der Waals surface area (Å²) < 4.78 is 144. The standard InChI is InChI=1S/C10H8F11NO/c1-4(11)7(12,10(19,20)21)22-2-5(8(13,14)15)23-6(3-22)9(16,17)18/h5-6H,1-3H2. The Morgan fingerprint density at radius 2 is 1.17 bits per heavy atom. The second-order valence-electron chi connectivity index (χ2n) is 4.63. The zero-order valence-electron chi connectivity index (χ0n) is 10.8. The molecule has 0 radical (unpaired) electrons. The average Bonchev–Trinajstić information content (AvgIpc) is 2.33. The molecule has 0 saturated carbocycles. The van der Waals surface area contributed by atoms with Crippen molar-refractivity contribution in [2.45, 2.75) is 36.5 Å². The van der Waals surface area contributed by atoms with Crippen LogP contribution in [0.5, 0.6) is 0 Å². The Kier molecular flexibility index (Phi) is 4.99. The lowest BCUT2D eigenvalue weighted by molar-refractivity contribution is -0.341. The Balaban J connectivity index is 3.30. The fraction of sp³-hybridized carbons (Fsp3) is 0.800. The van der Waals surface area contributed by atoms with Crippen LogP contribution in [-0.4, -0.2) is 54.5 Å². The maximum atomic E-state index is 14.0.